The summed E-state index contributed by atoms with van der Waals surface area (Å²) in [6.45, 7) is 5.36. The van der Waals surface area contributed by atoms with Gasteiger partial charge in [-0.3, -0.25) is 15.1 Å². The molecule has 0 radical (unpaired) electrons. The van der Waals surface area contributed by atoms with Crippen LogP contribution in [0, 0.1) is 24.5 Å². The van der Waals surface area contributed by atoms with E-state index in [4.69, 9.17) is 9.47 Å². The predicted molar refractivity (Wildman–Crippen MR) is 137 cm³/mol. The Morgan fingerprint density at radius 1 is 1.29 bits per heavy atom. The van der Waals surface area contributed by atoms with Crippen molar-refractivity contribution in [3.63, 3.8) is 0 Å². The number of benzene rings is 2. The summed E-state index contributed by atoms with van der Waals surface area (Å²) in [5, 5.41) is 2.74. The molecule has 2 aromatic rings. The van der Waals surface area contributed by atoms with Gasteiger partial charge in [0.2, 0.25) is 11.9 Å². The lowest BCUT2D eigenvalue weighted by Gasteiger charge is -2.37. The van der Waals surface area contributed by atoms with E-state index in [1.54, 1.807) is 30.1 Å². The molecular weight excluding hydrogens is 499 g/mol. The maximum atomic E-state index is 15.5. The molecule has 2 amide bonds. The van der Waals surface area contributed by atoms with Gasteiger partial charge in [-0.05, 0) is 49.1 Å². The molecule has 8 nitrogen and oxygen atoms in total. The Labute approximate surface area is 218 Å². The molecule has 1 saturated carbocycles. The third-order valence-electron chi connectivity index (χ3n) is 6.89. The van der Waals surface area contributed by atoms with E-state index >= 15 is 4.39 Å². The van der Waals surface area contributed by atoms with Crippen LogP contribution in [0.25, 0.3) is 6.08 Å². The lowest BCUT2D eigenvalue weighted by Crippen LogP contribution is -2.61. The van der Waals surface area contributed by atoms with Crippen LogP contribution in [0.1, 0.15) is 35.6 Å². The van der Waals surface area contributed by atoms with Crippen LogP contribution in [0.3, 0.4) is 0 Å². The van der Waals surface area contributed by atoms with Gasteiger partial charge in [-0.1, -0.05) is 18.7 Å². The molecule has 2 atom stereocenters. The molecule has 2 heterocycles. The smallest absolute Gasteiger partial charge is 0.330 e. The first kappa shape index (κ1) is 25.8. The number of methoxy groups -OCH3 is 1. The van der Waals surface area contributed by atoms with Crippen LogP contribution in [-0.4, -0.2) is 60.9 Å². The molecule has 1 aliphatic carbocycles. The van der Waals surface area contributed by atoms with E-state index in [9.17, 15) is 13.6 Å². The Hall–Kier alpha value is -3.86. The van der Waals surface area contributed by atoms with Crippen LogP contribution >= 0.6 is 0 Å². The number of rotatable bonds is 8. The number of carbonyl (C=O) groups is 1. The molecule has 2 fully saturated rings. The van der Waals surface area contributed by atoms with E-state index in [0.29, 0.717) is 17.2 Å². The number of fused-ring (bicyclic) bond motifs is 1. The van der Waals surface area contributed by atoms with Crippen molar-refractivity contribution in [2.75, 3.05) is 27.3 Å². The van der Waals surface area contributed by atoms with Crippen LogP contribution in [0.15, 0.2) is 46.9 Å². The third-order valence-corrected chi connectivity index (χ3v) is 6.89. The van der Waals surface area contributed by atoms with Crippen molar-refractivity contribution in [2.24, 2.45) is 15.9 Å². The number of ether oxygens (including phenoxy) is 2. The van der Waals surface area contributed by atoms with E-state index in [1.165, 1.54) is 24.2 Å². The molecule has 1 N–H and O–H groups in total. The third kappa shape index (κ3) is 4.62. The largest absolute Gasteiger partial charge is 0.455 e. The molecule has 3 aliphatic rings. The molecule has 0 aromatic heterocycles. The molecule has 11 heteroatoms. The highest BCUT2D eigenvalue weighted by Gasteiger charge is 2.48. The highest BCUT2D eigenvalue weighted by molar-refractivity contribution is 6.16. The summed E-state index contributed by atoms with van der Waals surface area (Å²) >= 11 is 0. The number of amides is 2. The normalized spacial score (nSPS) is 21.6. The van der Waals surface area contributed by atoms with E-state index in [-0.39, 0.29) is 36.3 Å². The molecule has 2 aromatic carbocycles. The van der Waals surface area contributed by atoms with Crippen LogP contribution < -0.4 is 10.1 Å². The van der Waals surface area contributed by atoms with Gasteiger partial charge in [0.15, 0.2) is 11.6 Å². The first-order chi connectivity index (χ1) is 18.1. The maximum absolute atomic E-state index is 15.5. The molecule has 2 unspecified atom stereocenters. The highest BCUT2D eigenvalue weighted by Crippen LogP contribution is 2.44. The number of alkyl halides is 1. The van der Waals surface area contributed by atoms with Crippen LogP contribution in [-0.2, 0) is 4.74 Å². The average molecular weight is 528 g/mol. The minimum absolute atomic E-state index is 0.0171. The molecule has 0 bridgehead atoms. The number of carbonyl (C=O) groups excluding carboxylic acids is 1. The first-order valence-electron chi connectivity index (χ1n) is 12.2. The molecule has 2 aliphatic heterocycles. The van der Waals surface area contributed by atoms with Gasteiger partial charge < -0.3 is 9.47 Å². The second-order valence-electron chi connectivity index (χ2n) is 9.60. The number of aryl methyl sites for hydroxylation is 1. The van der Waals surface area contributed by atoms with E-state index < -0.39 is 29.6 Å². The van der Waals surface area contributed by atoms with Gasteiger partial charge in [0.25, 0.3) is 5.85 Å². The van der Waals surface area contributed by atoms with Gasteiger partial charge in [-0.15, -0.1) is 0 Å². The maximum Gasteiger partial charge on any atom is 0.330 e. The summed E-state index contributed by atoms with van der Waals surface area (Å²) in [5.74, 6) is -3.48. The van der Waals surface area contributed by atoms with Crippen molar-refractivity contribution < 1.29 is 27.4 Å². The first-order valence-corrected chi connectivity index (χ1v) is 12.2. The minimum Gasteiger partial charge on any atom is -0.455 e. The quantitative estimate of drug-likeness (QED) is 0.520. The van der Waals surface area contributed by atoms with Crippen molar-refractivity contribution in [3.8, 4) is 5.75 Å². The minimum atomic E-state index is -1.95. The number of urea groups is 1. The lowest BCUT2D eigenvalue weighted by molar-refractivity contribution is -0.126. The monoisotopic (exact) mass is 527 g/mol. The van der Waals surface area contributed by atoms with Gasteiger partial charge in [0, 0.05) is 31.7 Å². The van der Waals surface area contributed by atoms with Crippen molar-refractivity contribution in [1.82, 2.24) is 15.1 Å². The molecule has 0 spiro atoms. The Bertz CT molecular complexity index is 1360. The summed E-state index contributed by atoms with van der Waals surface area (Å²) in [5.41, 5.74) is 1.63. The van der Waals surface area contributed by atoms with Crippen LogP contribution in [0.2, 0.25) is 0 Å². The lowest BCUT2D eigenvalue weighted by atomic mass is 10.0. The number of hydrogen-bond donors (Lipinski definition) is 1. The fourth-order valence-electron chi connectivity index (χ4n) is 4.64. The molecular formula is C27H28F3N5O3. The summed E-state index contributed by atoms with van der Waals surface area (Å²) < 4.78 is 54.8. The van der Waals surface area contributed by atoms with Crippen molar-refractivity contribution in [2.45, 2.75) is 31.7 Å². The number of aliphatic imine (C=N–C) groups is 2. The Kier molecular flexibility index (Phi) is 6.64. The summed E-state index contributed by atoms with van der Waals surface area (Å²) in [6, 6.07) is 6.56. The van der Waals surface area contributed by atoms with Crippen molar-refractivity contribution >= 4 is 29.7 Å². The van der Waals surface area contributed by atoms with Crippen LogP contribution in [0.5, 0.6) is 5.75 Å². The van der Waals surface area contributed by atoms with Gasteiger partial charge in [-0.2, -0.15) is 4.39 Å². The van der Waals surface area contributed by atoms with E-state index in [2.05, 4.69) is 21.9 Å². The number of hydrogen-bond acceptors (Lipinski definition) is 5. The molecule has 200 valence electrons. The van der Waals surface area contributed by atoms with Crippen LogP contribution in [0.4, 0.5) is 23.7 Å². The van der Waals surface area contributed by atoms with Crippen molar-refractivity contribution in [3.05, 3.63) is 65.2 Å². The summed E-state index contributed by atoms with van der Waals surface area (Å²) in [6.07, 6.45) is 2.68. The van der Waals surface area contributed by atoms with Crippen molar-refractivity contribution in [1.29, 1.82) is 0 Å². The molecule has 38 heavy (non-hydrogen) atoms. The van der Waals surface area contributed by atoms with E-state index in [0.717, 1.165) is 24.5 Å². The summed E-state index contributed by atoms with van der Waals surface area (Å²) in [7, 11) is 2.97. The SMILES string of the molecule is C=Cc1cc(C2CN=C3N(C)C(=O)NC(=Nc4cc(OC(F)(COC)C5CC5)ccc4C)N32)cc(F)c1F. The number of guanidine groups is 2. The second-order valence-corrected chi connectivity index (χ2v) is 9.60. The van der Waals surface area contributed by atoms with E-state index in [1.807, 2.05) is 6.92 Å². The van der Waals surface area contributed by atoms with Gasteiger partial charge in [0.1, 0.15) is 12.4 Å². The topological polar surface area (TPSA) is 78.8 Å². The summed E-state index contributed by atoms with van der Waals surface area (Å²) in [4.78, 5) is 24.8. The number of halogens is 3. The fourth-order valence-corrected chi connectivity index (χ4v) is 4.64. The fraction of sp³-hybridized carbons (Fsp3) is 0.370. The Morgan fingerprint density at radius 3 is 2.74 bits per heavy atom. The zero-order chi connectivity index (χ0) is 27.2. The predicted octanol–water partition coefficient (Wildman–Crippen LogP) is 5.07. The van der Waals surface area contributed by atoms with Gasteiger partial charge in [0.05, 0.1) is 18.3 Å². The standard InChI is InChI=1S/C27H28F3N5O3/c1-5-16-10-17(11-20(28)23(16)29)22-13-31-25-34(3)26(36)33-24(35(22)25)32-21-12-19(9-6-15(21)2)38-27(30,14-37-4)18-7-8-18/h5-6,9-12,18,22H,1,7-8,13-14H2,2-4H3,(H,32,33,36). The number of nitrogens with zero attached hydrogens (tertiary/aromatic N) is 4. The van der Waals surface area contributed by atoms with Gasteiger partial charge in [-0.25, -0.2) is 23.6 Å². The highest BCUT2D eigenvalue weighted by atomic mass is 19.2. The Morgan fingerprint density at radius 2 is 2.05 bits per heavy atom. The Balaban J connectivity index is 1.52. The zero-order valence-electron chi connectivity index (χ0n) is 21.3. The molecule has 1 saturated heterocycles. The zero-order valence-corrected chi connectivity index (χ0v) is 21.3. The number of nitrogens with one attached hydrogen (secondary N) is 1. The molecule has 5 rings (SSSR count). The van der Waals surface area contributed by atoms with Gasteiger partial charge >= 0.3 is 6.03 Å². The second kappa shape index (κ2) is 9.79. The average Bonchev–Trinajstić information content (AvgIpc) is 3.65.